The highest BCUT2D eigenvalue weighted by atomic mass is 31.2. The van der Waals surface area contributed by atoms with Gasteiger partial charge in [-0.05, 0) is 0 Å². The number of hydrogen-bond acceptors (Lipinski definition) is 9. The Balaban J connectivity index is 2.03. The van der Waals surface area contributed by atoms with Gasteiger partial charge >= 0.3 is 15.6 Å². The van der Waals surface area contributed by atoms with Crippen molar-refractivity contribution in [2.45, 2.75) is 24.5 Å². The molecule has 1 saturated heterocycles. The average Bonchev–Trinajstić information content (AvgIpc) is 3.08. The fourth-order valence-corrected chi connectivity index (χ4v) is 3.59. The lowest BCUT2D eigenvalue weighted by Gasteiger charge is -2.19. The van der Waals surface area contributed by atoms with E-state index in [1.54, 1.807) is 0 Å². The Labute approximate surface area is 149 Å². The van der Waals surface area contributed by atoms with Crippen molar-refractivity contribution in [1.82, 2.24) is 18.9 Å². The van der Waals surface area contributed by atoms with Crippen molar-refractivity contribution in [2.75, 3.05) is 6.61 Å². The molecule has 0 unspecified atom stereocenters. The van der Waals surface area contributed by atoms with Crippen molar-refractivity contribution in [2.24, 2.45) is 0 Å². The van der Waals surface area contributed by atoms with Crippen LogP contribution in [0, 0.1) is 5.41 Å². The smallest absolute Gasteiger partial charge is 0.387 e. The number of hydrogen-bond donors (Lipinski definition) is 7. The predicted molar refractivity (Wildman–Crippen MR) is 82.7 cm³/mol. The number of aliphatic hydroxyl groups is 2. The van der Waals surface area contributed by atoms with Gasteiger partial charge in [0.25, 0.3) is 0 Å². The number of imidazole rings is 1. The number of phosphoric acid groups is 1. The van der Waals surface area contributed by atoms with Crippen molar-refractivity contribution in [3.8, 4) is 0 Å². The summed E-state index contributed by atoms with van der Waals surface area (Å²) in [6, 6.07) is 0. The van der Waals surface area contributed by atoms with Crippen molar-refractivity contribution in [3.63, 3.8) is 0 Å². The molecule has 0 radical (unpaired) electrons. The van der Waals surface area contributed by atoms with Crippen LogP contribution in [0.2, 0.25) is 0 Å². The topological polar surface area (TPSA) is 233 Å². The summed E-state index contributed by atoms with van der Waals surface area (Å²) in [6.45, 7) is -0.755. The molecule has 17 heteroatoms. The fourth-order valence-electron chi connectivity index (χ4n) is 2.62. The second-order valence-electron chi connectivity index (χ2n) is 5.61. The Morgan fingerprint density at radius 2 is 1.81 bits per heavy atom. The van der Waals surface area contributed by atoms with Crippen molar-refractivity contribution >= 4 is 26.7 Å². The number of nitrogens with zero attached hydrogens (tertiary/aromatic N) is 4. The summed E-state index contributed by atoms with van der Waals surface area (Å²) in [4.78, 5) is 43.8. The zero-order valence-corrected chi connectivity index (χ0v) is 15.0. The van der Waals surface area contributed by atoms with Crippen LogP contribution in [0.4, 0.5) is 0 Å². The minimum absolute atomic E-state index is 0.207. The van der Waals surface area contributed by atoms with E-state index in [1.807, 2.05) is 0 Å². The minimum atomic E-state index is -4.92. The maximum atomic E-state index is 11.7. The summed E-state index contributed by atoms with van der Waals surface area (Å²) in [5.41, 5.74) is -0.917. The number of fused-ring (bicyclic) bond motifs is 1. The monoisotopic (exact) mass is 427 g/mol. The first-order chi connectivity index (χ1) is 12.4. The molecule has 0 bridgehead atoms. The highest BCUT2D eigenvalue weighted by Crippen LogP contribution is 2.41. The molecule has 15 nitrogen and oxygen atoms in total. The Morgan fingerprint density at radius 1 is 1.15 bits per heavy atom. The first-order valence-corrected chi connectivity index (χ1v) is 10.3. The normalized spacial score (nSPS) is 26.7. The van der Waals surface area contributed by atoms with Crippen LogP contribution in [0.5, 0.6) is 0 Å². The molecule has 27 heavy (non-hydrogen) atoms. The van der Waals surface area contributed by atoms with Gasteiger partial charge in [-0.2, -0.15) is 0 Å². The van der Waals surface area contributed by atoms with Crippen molar-refractivity contribution < 1.29 is 48.2 Å². The van der Waals surface area contributed by atoms with Crippen molar-refractivity contribution in [1.29, 1.82) is 5.41 Å². The lowest BCUT2D eigenvalue weighted by atomic mass is 10.1. The van der Waals surface area contributed by atoms with E-state index in [4.69, 9.17) is 19.9 Å². The quantitative estimate of drug-likeness (QED) is 0.243. The number of nitrogens with one attached hydrogen (secondary N) is 1. The summed E-state index contributed by atoms with van der Waals surface area (Å²) < 4.78 is 33.5. The number of aliphatic hydroxyl groups excluding tert-OH is 2. The van der Waals surface area contributed by atoms with E-state index in [0.717, 1.165) is 17.2 Å². The summed E-state index contributed by atoms with van der Waals surface area (Å²) >= 11 is 0. The predicted octanol–water partition coefficient (Wildman–Crippen LogP) is -2.62. The number of rotatable bonds is 5. The standard InChI is InChI=1S/C10H15N5O10P2/c11-8-5-9(15(3-13-8)26(18,19)20)14(2-12-5)10-7(17)6(16)4(25-10)1-24-27(21,22)23/h2-4,6-7,10-11,16-17H,1H2,(H2,18,19,20)(H2,21,22,23)/t4-,6-,7-,10-/m1/s1. The van der Waals surface area contributed by atoms with Gasteiger partial charge in [-0.3, -0.25) is 14.5 Å². The average molecular weight is 427 g/mol. The molecule has 0 aromatic carbocycles. The van der Waals surface area contributed by atoms with Gasteiger partial charge in [-0.15, -0.1) is 0 Å². The Kier molecular flexibility index (Phi) is 5.12. The van der Waals surface area contributed by atoms with Crippen LogP contribution in [-0.2, 0) is 18.4 Å². The van der Waals surface area contributed by atoms with E-state index in [0.29, 0.717) is 4.34 Å². The molecule has 0 amide bonds. The maximum absolute atomic E-state index is 11.7. The molecule has 1 aliphatic heterocycles. The molecular formula is C10H15N5O10P2. The van der Waals surface area contributed by atoms with Crippen LogP contribution in [0.25, 0.3) is 11.2 Å². The Morgan fingerprint density at radius 3 is 2.41 bits per heavy atom. The van der Waals surface area contributed by atoms with E-state index in [9.17, 15) is 29.1 Å². The van der Waals surface area contributed by atoms with Crippen LogP contribution < -0.4 is 5.49 Å². The number of aromatic nitrogens is 4. The molecule has 1 fully saturated rings. The lowest BCUT2D eigenvalue weighted by molar-refractivity contribution is -0.0505. The van der Waals surface area contributed by atoms with E-state index in [1.165, 1.54) is 0 Å². The minimum Gasteiger partial charge on any atom is -0.387 e. The van der Waals surface area contributed by atoms with Gasteiger partial charge in [0.05, 0.1) is 12.9 Å². The zero-order chi connectivity index (χ0) is 20.1. The molecule has 150 valence electrons. The SMILES string of the molecule is N=c1ncn(P(=O)(O)O)c2c1ncn2[C@@H]1O[C@H](COP(=O)(O)O)[C@@H](O)[C@H]1O. The van der Waals surface area contributed by atoms with E-state index in [-0.39, 0.29) is 11.2 Å². The van der Waals surface area contributed by atoms with Crippen LogP contribution in [0.1, 0.15) is 6.23 Å². The van der Waals surface area contributed by atoms with Crippen LogP contribution in [0.15, 0.2) is 12.7 Å². The molecule has 4 atom stereocenters. The summed E-state index contributed by atoms with van der Waals surface area (Å²) in [5, 5.41) is 27.9. The molecule has 2 aromatic heterocycles. The molecule has 3 rings (SSSR count). The van der Waals surface area contributed by atoms with Gasteiger partial charge in [0.1, 0.15) is 24.6 Å². The van der Waals surface area contributed by atoms with E-state index in [2.05, 4.69) is 14.5 Å². The lowest BCUT2D eigenvalue weighted by Crippen LogP contribution is -2.33. The molecule has 3 heterocycles. The molecule has 0 saturated carbocycles. The van der Waals surface area contributed by atoms with Gasteiger partial charge in [-0.25, -0.2) is 23.4 Å². The van der Waals surface area contributed by atoms with E-state index < -0.39 is 52.2 Å². The third-order valence-electron chi connectivity index (χ3n) is 3.80. The van der Waals surface area contributed by atoms with Gasteiger partial charge in [0, 0.05) is 0 Å². The molecule has 2 aromatic rings. The molecule has 0 spiro atoms. The van der Waals surface area contributed by atoms with Crippen LogP contribution >= 0.6 is 15.6 Å². The van der Waals surface area contributed by atoms with Gasteiger partial charge in [0.2, 0.25) is 0 Å². The van der Waals surface area contributed by atoms with Crippen LogP contribution in [-0.4, -0.2) is 73.6 Å². The second-order valence-corrected chi connectivity index (χ2v) is 8.30. The molecule has 7 N–H and O–H groups in total. The third-order valence-corrected chi connectivity index (χ3v) is 5.14. The van der Waals surface area contributed by atoms with Gasteiger partial charge in [-0.1, -0.05) is 0 Å². The Bertz CT molecular complexity index is 1010. The molecular weight excluding hydrogens is 412 g/mol. The highest BCUT2D eigenvalue weighted by molar-refractivity contribution is 7.50. The Hall–Kier alpha value is -1.51. The summed E-state index contributed by atoms with van der Waals surface area (Å²) in [7, 11) is -9.77. The number of phosphoric ester groups is 1. The fraction of sp³-hybridized carbons (Fsp3) is 0.500. The van der Waals surface area contributed by atoms with Crippen molar-refractivity contribution in [3.05, 3.63) is 18.1 Å². The highest BCUT2D eigenvalue weighted by Gasteiger charge is 2.45. The van der Waals surface area contributed by atoms with Gasteiger partial charge < -0.3 is 34.5 Å². The van der Waals surface area contributed by atoms with Crippen LogP contribution in [0.3, 0.4) is 0 Å². The molecule has 0 aliphatic carbocycles. The first-order valence-electron chi connectivity index (χ1n) is 7.17. The molecule has 1 aliphatic rings. The maximum Gasteiger partial charge on any atom is 0.469 e. The third kappa shape index (κ3) is 3.88. The zero-order valence-electron chi connectivity index (χ0n) is 13.2. The first kappa shape index (κ1) is 20.2. The summed E-state index contributed by atoms with van der Waals surface area (Å²) in [5.74, 6) is 0. The largest absolute Gasteiger partial charge is 0.469 e. The number of ether oxygens (including phenoxy) is 1. The van der Waals surface area contributed by atoms with Gasteiger partial charge in [0.15, 0.2) is 22.9 Å². The van der Waals surface area contributed by atoms with E-state index >= 15 is 0 Å². The second kappa shape index (κ2) is 6.83. The summed E-state index contributed by atoms with van der Waals surface area (Å²) in [6.07, 6.45) is -4.33.